The van der Waals surface area contributed by atoms with Gasteiger partial charge in [-0.1, -0.05) is 84.4 Å². The van der Waals surface area contributed by atoms with Gasteiger partial charge in [0.05, 0.1) is 18.3 Å². The number of nitrogens with zero attached hydrogens (tertiary/aromatic N) is 1. The number of fused-ring (bicyclic) bond motifs is 2. The number of carbonyl (C=O) groups excluding carboxylic acids is 3. The Kier molecular flexibility index (Phi) is 7.41. The zero-order valence-electron chi connectivity index (χ0n) is 21.2. The van der Waals surface area contributed by atoms with Gasteiger partial charge in [0.15, 0.2) is 0 Å². The standard InChI is InChI=1S/C32H25N3O4/c1-21-13-15-24(16-14-21)32(38)39-29-18-17-23-8-3-5-11-26(23)28(29)19-34-35-30(36)20-33-31(37)27-12-6-9-22-7-2-4-10-25(22)27/h2-19H,20H2,1H3,(H,33,37)(H,35,36). The number of aryl methyl sites for hydroxylation is 1. The first-order chi connectivity index (χ1) is 19.0. The number of amides is 2. The Morgan fingerprint density at radius 1 is 0.769 bits per heavy atom. The minimum atomic E-state index is -0.502. The molecular formula is C32H25N3O4. The highest BCUT2D eigenvalue weighted by Crippen LogP contribution is 2.27. The van der Waals surface area contributed by atoms with Crippen molar-refractivity contribution >= 4 is 45.5 Å². The smallest absolute Gasteiger partial charge is 0.343 e. The number of hydrogen-bond donors (Lipinski definition) is 2. The summed E-state index contributed by atoms with van der Waals surface area (Å²) in [6, 6.07) is 31.2. The molecule has 2 amide bonds. The normalized spacial score (nSPS) is 11.0. The Morgan fingerprint density at radius 2 is 1.44 bits per heavy atom. The molecule has 0 fully saturated rings. The maximum Gasteiger partial charge on any atom is 0.343 e. The van der Waals surface area contributed by atoms with Gasteiger partial charge in [-0.15, -0.1) is 0 Å². The first kappa shape index (κ1) is 25.4. The lowest BCUT2D eigenvalue weighted by Crippen LogP contribution is -2.35. The van der Waals surface area contributed by atoms with E-state index in [1.54, 1.807) is 30.3 Å². The molecule has 0 aliphatic heterocycles. The first-order valence-corrected chi connectivity index (χ1v) is 12.4. The Bertz CT molecular complexity index is 1720. The minimum Gasteiger partial charge on any atom is -0.422 e. The highest BCUT2D eigenvalue weighted by atomic mass is 16.5. The lowest BCUT2D eigenvalue weighted by Gasteiger charge is -2.11. The second-order valence-electron chi connectivity index (χ2n) is 8.96. The van der Waals surface area contributed by atoms with E-state index in [9.17, 15) is 14.4 Å². The predicted octanol–water partition coefficient (Wildman–Crippen LogP) is 5.40. The molecule has 192 valence electrons. The SMILES string of the molecule is Cc1ccc(C(=O)Oc2ccc3ccccc3c2C=NNC(=O)CNC(=O)c2cccc3ccccc23)cc1. The minimum absolute atomic E-state index is 0.260. The van der Waals surface area contributed by atoms with Crippen molar-refractivity contribution in [1.29, 1.82) is 0 Å². The van der Waals surface area contributed by atoms with Crippen molar-refractivity contribution in [2.45, 2.75) is 6.92 Å². The third-order valence-corrected chi connectivity index (χ3v) is 6.25. The molecule has 0 bridgehead atoms. The second-order valence-corrected chi connectivity index (χ2v) is 8.96. The van der Waals surface area contributed by atoms with Crippen molar-refractivity contribution in [1.82, 2.24) is 10.7 Å². The maximum atomic E-state index is 12.8. The van der Waals surface area contributed by atoms with Crippen LogP contribution in [0.5, 0.6) is 5.75 Å². The van der Waals surface area contributed by atoms with Gasteiger partial charge in [-0.3, -0.25) is 9.59 Å². The molecule has 0 spiro atoms. The molecule has 2 N–H and O–H groups in total. The number of ether oxygens (including phenoxy) is 1. The average Bonchev–Trinajstić information content (AvgIpc) is 2.96. The summed E-state index contributed by atoms with van der Waals surface area (Å²) in [5, 5.41) is 10.2. The molecule has 0 saturated heterocycles. The molecule has 0 aliphatic carbocycles. The molecule has 0 radical (unpaired) electrons. The largest absolute Gasteiger partial charge is 0.422 e. The summed E-state index contributed by atoms with van der Waals surface area (Å²) in [7, 11) is 0. The summed E-state index contributed by atoms with van der Waals surface area (Å²) >= 11 is 0. The molecular weight excluding hydrogens is 490 g/mol. The molecule has 0 atom stereocenters. The summed E-state index contributed by atoms with van der Waals surface area (Å²) in [6.45, 7) is 1.68. The molecule has 0 aromatic heterocycles. The molecule has 0 heterocycles. The van der Waals surface area contributed by atoms with E-state index in [0.717, 1.165) is 27.1 Å². The molecule has 7 heteroatoms. The molecule has 7 nitrogen and oxygen atoms in total. The summed E-state index contributed by atoms with van der Waals surface area (Å²) in [5.41, 5.74) is 4.91. The number of nitrogens with one attached hydrogen (secondary N) is 2. The highest BCUT2D eigenvalue weighted by molar-refractivity contribution is 6.08. The molecule has 5 rings (SSSR count). The lowest BCUT2D eigenvalue weighted by atomic mass is 10.0. The van der Waals surface area contributed by atoms with Crippen molar-refractivity contribution in [2.24, 2.45) is 5.10 Å². The van der Waals surface area contributed by atoms with Crippen LogP contribution in [0.2, 0.25) is 0 Å². The van der Waals surface area contributed by atoms with Gasteiger partial charge in [-0.25, -0.2) is 10.2 Å². The van der Waals surface area contributed by atoms with Crippen molar-refractivity contribution in [3.8, 4) is 5.75 Å². The molecule has 0 unspecified atom stereocenters. The van der Waals surface area contributed by atoms with E-state index in [1.807, 2.05) is 79.7 Å². The number of rotatable bonds is 7. The fourth-order valence-electron chi connectivity index (χ4n) is 4.23. The van der Waals surface area contributed by atoms with E-state index in [4.69, 9.17) is 4.74 Å². The van der Waals surface area contributed by atoms with E-state index >= 15 is 0 Å². The molecule has 0 saturated carbocycles. The van der Waals surface area contributed by atoms with Crippen molar-refractivity contribution in [2.75, 3.05) is 6.54 Å². The molecule has 0 aliphatic rings. The fraction of sp³-hybridized carbons (Fsp3) is 0.0625. The monoisotopic (exact) mass is 515 g/mol. The van der Waals surface area contributed by atoms with E-state index in [2.05, 4.69) is 15.8 Å². The summed E-state index contributed by atoms with van der Waals surface area (Å²) in [6.07, 6.45) is 1.44. The van der Waals surface area contributed by atoms with Crippen LogP contribution in [-0.2, 0) is 4.79 Å². The third-order valence-electron chi connectivity index (χ3n) is 6.25. The van der Waals surface area contributed by atoms with Crippen molar-refractivity contribution in [3.63, 3.8) is 0 Å². The summed E-state index contributed by atoms with van der Waals surface area (Å²) in [5.74, 6) is -1.05. The topological polar surface area (TPSA) is 96.9 Å². The Balaban J connectivity index is 1.29. The van der Waals surface area contributed by atoms with Gasteiger partial charge in [-0.05, 0) is 52.7 Å². The molecule has 39 heavy (non-hydrogen) atoms. The number of benzene rings is 5. The number of hydrazone groups is 1. The van der Waals surface area contributed by atoms with Crippen LogP contribution in [0.1, 0.15) is 31.8 Å². The Hall–Kier alpha value is -5.30. The van der Waals surface area contributed by atoms with Gasteiger partial charge < -0.3 is 10.1 Å². The number of carbonyl (C=O) groups is 3. The van der Waals surface area contributed by atoms with Crippen molar-refractivity contribution in [3.05, 3.63) is 125 Å². The van der Waals surface area contributed by atoms with Crippen LogP contribution in [0.25, 0.3) is 21.5 Å². The van der Waals surface area contributed by atoms with Crippen LogP contribution in [0, 0.1) is 6.92 Å². The van der Waals surface area contributed by atoms with Gasteiger partial charge >= 0.3 is 5.97 Å². The zero-order chi connectivity index (χ0) is 27.2. The van der Waals surface area contributed by atoms with E-state index in [1.165, 1.54) is 6.21 Å². The van der Waals surface area contributed by atoms with Gasteiger partial charge in [0.2, 0.25) is 0 Å². The predicted molar refractivity (Wildman–Crippen MR) is 152 cm³/mol. The van der Waals surface area contributed by atoms with Crippen molar-refractivity contribution < 1.29 is 19.1 Å². The first-order valence-electron chi connectivity index (χ1n) is 12.4. The third kappa shape index (κ3) is 5.83. The van der Waals surface area contributed by atoms with Crippen LogP contribution < -0.4 is 15.5 Å². The number of esters is 1. The van der Waals surface area contributed by atoms with Gasteiger partial charge in [0, 0.05) is 11.1 Å². The van der Waals surface area contributed by atoms with Crippen LogP contribution in [-0.4, -0.2) is 30.5 Å². The summed E-state index contributed by atoms with van der Waals surface area (Å²) in [4.78, 5) is 37.9. The second kappa shape index (κ2) is 11.4. The van der Waals surface area contributed by atoms with E-state index < -0.39 is 11.9 Å². The highest BCUT2D eigenvalue weighted by Gasteiger charge is 2.14. The molecule has 5 aromatic rings. The van der Waals surface area contributed by atoms with E-state index in [0.29, 0.717) is 22.4 Å². The van der Waals surface area contributed by atoms with E-state index in [-0.39, 0.29) is 12.5 Å². The van der Waals surface area contributed by atoms with Gasteiger partial charge in [0.25, 0.3) is 11.8 Å². The molecule has 5 aromatic carbocycles. The van der Waals surface area contributed by atoms with Crippen LogP contribution >= 0.6 is 0 Å². The van der Waals surface area contributed by atoms with Gasteiger partial charge in [0.1, 0.15) is 5.75 Å². The lowest BCUT2D eigenvalue weighted by molar-refractivity contribution is -0.120. The zero-order valence-corrected chi connectivity index (χ0v) is 21.2. The Labute approximate surface area is 225 Å². The fourth-order valence-corrected chi connectivity index (χ4v) is 4.23. The van der Waals surface area contributed by atoms with Crippen LogP contribution in [0.15, 0.2) is 108 Å². The maximum absolute atomic E-state index is 12.8. The Morgan fingerprint density at radius 3 is 2.21 bits per heavy atom. The van der Waals surface area contributed by atoms with Crippen LogP contribution in [0.3, 0.4) is 0 Å². The summed E-state index contributed by atoms with van der Waals surface area (Å²) < 4.78 is 5.70. The van der Waals surface area contributed by atoms with Gasteiger partial charge in [-0.2, -0.15) is 5.10 Å². The average molecular weight is 516 g/mol. The number of hydrogen-bond acceptors (Lipinski definition) is 5. The quantitative estimate of drug-likeness (QED) is 0.131. The van der Waals surface area contributed by atoms with Crippen LogP contribution in [0.4, 0.5) is 0 Å².